The SMILES string of the molecule is C=C=C([O-])OC(=O)C[CH2+].C=[C+]S(=O)(=O)[O-]. The average Bonchev–Trinajstić information content (AvgIpc) is 2.17. The summed E-state index contributed by atoms with van der Waals surface area (Å²) >= 11 is 0. The van der Waals surface area contributed by atoms with Crippen molar-refractivity contribution in [3.63, 3.8) is 0 Å². The van der Waals surface area contributed by atoms with Gasteiger partial charge in [0.25, 0.3) is 0 Å². The molecule has 0 radical (unpaired) electrons. The van der Waals surface area contributed by atoms with Crippen molar-refractivity contribution in [2.75, 3.05) is 0 Å². The Bertz CT molecular complexity index is 349. The first-order valence-corrected chi connectivity index (χ1v) is 4.74. The Morgan fingerprint density at radius 1 is 1.60 bits per heavy atom. The lowest BCUT2D eigenvalue weighted by atomic mass is 10.5. The predicted molar refractivity (Wildman–Crippen MR) is 47.3 cm³/mol. The van der Waals surface area contributed by atoms with Crippen LogP contribution in [0, 0.1) is 12.3 Å². The van der Waals surface area contributed by atoms with Crippen LogP contribution in [0.1, 0.15) is 6.42 Å². The number of carbonyl (C=O) groups excluding carboxylic acids is 1. The topological polar surface area (TPSA) is 107 Å². The van der Waals surface area contributed by atoms with Crippen LogP contribution >= 0.6 is 0 Å². The molecule has 82 valence electrons. The summed E-state index contributed by atoms with van der Waals surface area (Å²) in [5, 5.41) is 11.4. The van der Waals surface area contributed by atoms with Gasteiger partial charge in [0, 0.05) is 0 Å². The van der Waals surface area contributed by atoms with E-state index in [4.69, 9.17) is 0 Å². The summed E-state index contributed by atoms with van der Waals surface area (Å²) in [5.41, 5.74) is 1.87. The number of carbonyl (C=O) groups is 1. The molecule has 0 heterocycles. The molecule has 6 nitrogen and oxygen atoms in total. The molecule has 0 aromatic heterocycles. The molecule has 0 spiro atoms. The van der Waals surface area contributed by atoms with Crippen LogP contribution in [0.25, 0.3) is 0 Å². The zero-order valence-electron chi connectivity index (χ0n) is 7.69. The van der Waals surface area contributed by atoms with Crippen LogP contribution in [0.2, 0.25) is 0 Å². The van der Waals surface area contributed by atoms with Crippen LogP contribution in [0.4, 0.5) is 0 Å². The van der Waals surface area contributed by atoms with Crippen molar-refractivity contribution in [2.45, 2.75) is 6.42 Å². The molecule has 0 aromatic carbocycles. The number of hydrogen-bond acceptors (Lipinski definition) is 6. The molecule has 0 amide bonds. The lowest BCUT2D eigenvalue weighted by molar-refractivity contribution is -0.349. The average molecular weight is 232 g/mol. The van der Waals surface area contributed by atoms with Crippen molar-refractivity contribution in [3.05, 3.63) is 37.2 Å². The quantitative estimate of drug-likeness (QED) is 0.208. The van der Waals surface area contributed by atoms with Gasteiger partial charge in [-0.1, -0.05) is 6.58 Å². The highest BCUT2D eigenvalue weighted by molar-refractivity contribution is 7.87. The highest BCUT2D eigenvalue weighted by Gasteiger charge is 1.94. The third kappa shape index (κ3) is 15.0. The molecule has 0 saturated heterocycles. The van der Waals surface area contributed by atoms with Gasteiger partial charge >= 0.3 is 15.5 Å². The van der Waals surface area contributed by atoms with E-state index in [2.05, 4.69) is 24.8 Å². The number of ether oxygens (including phenoxy) is 1. The fourth-order valence-corrected chi connectivity index (χ4v) is 0.191. The fraction of sp³-hybridized carbons (Fsp3) is 0.125. The standard InChI is InChI=1S/C6H6O3.C2H2O3S/c1-3-5(7)9-6(8)4-2;1-2-6(3,4)5/h1-3H2;1H2. The molecule has 0 aromatic rings. The normalized spacial score (nSPS) is 8.60. The largest absolute Gasteiger partial charge is 0.703 e. The first-order valence-electron chi connectivity index (χ1n) is 3.33. The minimum absolute atomic E-state index is 0.0621. The maximum absolute atomic E-state index is 10.2. The number of rotatable bonds is 3. The zero-order valence-corrected chi connectivity index (χ0v) is 8.50. The van der Waals surface area contributed by atoms with Gasteiger partial charge in [-0.15, -0.1) is 5.73 Å². The van der Waals surface area contributed by atoms with Crippen molar-refractivity contribution in [1.82, 2.24) is 0 Å². The molecule has 0 aliphatic carbocycles. The molecule has 0 unspecified atom stereocenters. The van der Waals surface area contributed by atoms with E-state index in [0.717, 1.165) is 0 Å². The van der Waals surface area contributed by atoms with E-state index in [9.17, 15) is 22.9 Å². The van der Waals surface area contributed by atoms with Crippen molar-refractivity contribution in [3.8, 4) is 0 Å². The highest BCUT2D eigenvalue weighted by Crippen LogP contribution is 1.87. The fourth-order valence-electron chi connectivity index (χ4n) is 0.191. The Kier molecular flexibility index (Phi) is 7.95. The molecule has 0 saturated carbocycles. The van der Waals surface area contributed by atoms with E-state index >= 15 is 0 Å². The van der Waals surface area contributed by atoms with Gasteiger partial charge in [0.1, 0.15) is 5.95 Å². The Hall–Kier alpha value is -1.78. The van der Waals surface area contributed by atoms with Gasteiger partial charge in [-0.3, -0.25) is 4.79 Å². The second-order valence-corrected chi connectivity index (χ2v) is 2.98. The van der Waals surface area contributed by atoms with Crippen molar-refractivity contribution >= 4 is 16.1 Å². The van der Waals surface area contributed by atoms with Crippen molar-refractivity contribution in [1.29, 1.82) is 0 Å². The summed E-state index contributed by atoms with van der Waals surface area (Å²) in [5.74, 6) is -1.53. The Morgan fingerprint density at radius 2 is 2.00 bits per heavy atom. The number of hydrogen-bond donors (Lipinski definition) is 0. The summed E-state index contributed by atoms with van der Waals surface area (Å²) in [6.07, 6.45) is -0.0621. The Morgan fingerprint density at radius 3 is 2.20 bits per heavy atom. The van der Waals surface area contributed by atoms with E-state index in [-0.39, 0.29) is 6.42 Å². The predicted octanol–water partition coefficient (Wildman–Crippen LogP) is -0.781. The van der Waals surface area contributed by atoms with E-state index in [0.29, 0.717) is 0 Å². The van der Waals surface area contributed by atoms with E-state index in [1.807, 2.05) is 5.73 Å². The van der Waals surface area contributed by atoms with E-state index in [1.165, 1.54) is 5.41 Å². The van der Waals surface area contributed by atoms with E-state index < -0.39 is 22.0 Å². The molecule has 0 fully saturated rings. The minimum Gasteiger partial charge on any atom is -0.703 e. The minimum atomic E-state index is -4.27. The van der Waals surface area contributed by atoms with E-state index in [1.54, 1.807) is 0 Å². The van der Waals surface area contributed by atoms with Crippen LogP contribution in [0.5, 0.6) is 0 Å². The second kappa shape index (κ2) is 7.61. The molecule has 15 heavy (non-hydrogen) atoms. The lowest BCUT2D eigenvalue weighted by Gasteiger charge is -2.06. The van der Waals surface area contributed by atoms with Gasteiger partial charge in [0.15, 0.2) is 13.0 Å². The lowest BCUT2D eigenvalue weighted by Crippen LogP contribution is -2.11. The summed E-state index contributed by atoms with van der Waals surface area (Å²) in [6, 6.07) is 0. The molecular weight excluding hydrogens is 224 g/mol. The molecule has 0 bridgehead atoms. The highest BCUT2D eigenvalue weighted by atomic mass is 32.2. The summed E-state index contributed by atoms with van der Waals surface area (Å²) < 4.78 is 31.8. The first kappa shape index (κ1) is 15.7. The molecule has 0 atom stereocenters. The first-order chi connectivity index (χ1) is 6.76. The Balaban J connectivity index is 0. The van der Waals surface area contributed by atoms with Gasteiger partial charge in [0.2, 0.25) is 5.97 Å². The summed E-state index contributed by atoms with van der Waals surface area (Å²) in [7, 11) is -4.27. The van der Waals surface area contributed by atoms with Gasteiger partial charge in [-0.25, -0.2) is 0 Å². The van der Waals surface area contributed by atoms with Crippen LogP contribution in [-0.4, -0.2) is 18.9 Å². The Labute approximate surface area is 87.9 Å². The molecule has 0 aliphatic heterocycles. The van der Waals surface area contributed by atoms with Gasteiger partial charge in [0.05, 0.1) is 6.92 Å². The van der Waals surface area contributed by atoms with Gasteiger partial charge < -0.3 is 14.4 Å². The van der Waals surface area contributed by atoms with Crippen molar-refractivity contribution in [2.24, 2.45) is 0 Å². The molecule has 0 N–H and O–H groups in total. The maximum Gasteiger partial charge on any atom is 0.344 e. The van der Waals surface area contributed by atoms with Crippen LogP contribution in [0.3, 0.4) is 0 Å². The number of esters is 1. The third-order valence-electron chi connectivity index (χ3n) is 0.732. The van der Waals surface area contributed by atoms with Crippen LogP contribution in [-0.2, 0) is 19.6 Å². The second-order valence-electron chi connectivity index (χ2n) is 1.79. The van der Waals surface area contributed by atoms with Crippen LogP contribution in [0.15, 0.2) is 24.8 Å². The van der Waals surface area contributed by atoms with Crippen LogP contribution < -0.4 is 5.11 Å². The smallest absolute Gasteiger partial charge is 0.344 e. The van der Waals surface area contributed by atoms with Crippen molar-refractivity contribution < 1.29 is 27.6 Å². The van der Waals surface area contributed by atoms with Gasteiger partial charge in [-0.2, -0.15) is 8.42 Å². The molecule has 7 heteroatoms. The maximum atomic E-state index is 10.2. The zero-order chi connectivity index (χ0) is 12.5. The molecule has 0 rings (SSSR count). The van der Waals surface area contributed by atoms with Gasteiger partial charge in [-0.05, 0) is 0 Å². The third-order valence-corrected chi connectivity index (χ3v) is 1.09. The summed E-state index contributed by atoms with van der Waals surface area (Å²) in [4.78, 5) is 10.2. The molecule has 0 aliphatic rings. The molecular formula is C8H8O6S. The monoisotopic (exact) mass is 232 g/mol. The summed E-state index contributed by atoms with van der Waals surface area (Å²) in [6.45, 7) is 8.78.